The Morgan fingerprint density at radius 2 is 1.75 bits per heavy atom. The van der Waals surface area contributed by atoms with E-state index in [1.54, 1.807) is 18.3 Å². The summed E-state index contributed by atoms with van der Waals surface area (Å²) in [4.78, 5) is 29.0. The van der Waals surface area contributed by atoms with Crippen LogP contribution in [0.25, 0.3) is 16.9 Å². The molecule has 2 aromatic heterocycles. The molecule has 8 nitrogen and oxygen atoms in total. The molecular formula is C32H37N5O3. The van der Waals surface area contributed by atoms with Gasteiger partial charge in [-0.05, 0) is 84.7 Å². The van der Waals surface area contributed by atoms with E-state index in [2.05, 4.69) is 61.4 Å². The van der Waals surface area contributed by atoms with Gasteiger partial charge in [-0.25, -0.2) is 4.68 Å². The molecule has 0 saturated carbocycles. The first-order chi connectivity index (χ1) is 19.1. The van der Waals surface area contributed by atoms with E-state index in [1.165, 1.54) is 17.7 Å². The fraction of sp³-hybridized carbons (Fsp3) is 0.312. The van der Waals surface area contributed by atoms with Crippen LogP contribution in [0.1, 0.15) is 56.9 Å². The number of hydrogen-bond donors (Lipinski definition) is 3. The second-order valence-electron chi connectivity index (χ2n) is 11.1. The van der Waals surface area contributed by atoms with Crippen molar-refractivity contribution in [3.8, 4) is 22.7 Å². The highest BCUT2D eigenvalue weighted by Gasteiger charge is 2.18. The summed E-state index contributed by atoms with van der Waals surface area (Å²) in [6, 6.07) is 20.1. The van der Waals surface area contributed by atoms with Gasteiger partial charge < -0.3 is 10.8 Å². The Morgan fingerprint density at radius 1 is 1.02 bits per heavy atom. The van der Waals surface area contributed by atoms with Gasteiger partial charge in [0.1, 0.15) is 5.75 Å². The third-order valence-electron chi connectivity index (χ3n) is 6.77. The van der Waals surface area contributed by atoms with Crippen LogP contribution in [0.5, 0.6) is 5.75 Å². The SMILES string of the molecule is CC(C)(C)c1ccc(-n2nc(CCCCC(=O)NC(=O)C(N)Cc3ccc(O)cc3)cc2-c2cccnc2)cc1. The first kappa shape index (κ1) is 28.7. The Kier molecular flexibility index (Phi) is 9.11. The van der Waals surface area contributed by atoms with Crippen LogP contribution in [0.4, 0.5) is 0 Å². The maximum absolute atomic E-state index is 12.3. The first-order valence-corrected chi connectivity index (χ1v) is 13.6. The van der Waals surface area contributed by atoms with Gasteiger partial charge in [0.2, 0.25) is 11.8 Å². The zero-order valence-corrected chi connectivity index (χ0v) is 23.3. The molecule has 1 atom stereocenters. The molecule has 4 aromatic rings. The predicted molar refractivity (Wildman–Crippen MR) is 156 cm³/mol. The van der Waals surface area contributed by atoms with Crippen LogP contribution >= 0.6 is 0 Å². The molecule has 0 fully saturated rings. The summed E-state index contributed by atoms with van der Waals surface area (Å²) in [5.74, 6) is -0.700. The number of rotatable bonds is 10. The minimum absolute atomic E-state index is 0.0642. The molecule has 0 aliphatic rings. The van der Waals surface area contributed by atoms with E-state index < -0.39 is 11.9 Å². The van der Waals surface area contributed by atoms with Crippen molar-refractivity contribution in [2.45, 2.75) is 64.3 Å². The fourth-order valence-corrected chi connectivity index (χ4v) is 4.43. The van der Waals surface area contributed by atoms with Gasteiger partial charge in [0, 0.05) is 24.4 Å². The highest BCUT2D eigenvalue weighted by atomic mass is 16.3. The van der Waals surface area contributed by atoms with Gasteiger partial charge in [-0.15, -0.1) is 0 Å². The lowest BCUT2D eigenvalue weighted by Gasteiger charge is -2.19. The third kappa shape index (κ3) is 7.64. The summed E-state index contributed by atoms with van der Waals surface area (Å²) < 4.78 is 1.94. The summed E-state index contributed by atoms with van der Waals surface area (Å²) in [6.45, 7) is 6.58. The number of phenols is 1. The average molecular weight is 540 g/mol. The maximum atomic E-state index is 12.3. The largest absolute Gasteiger partial charge is 0.508 e. The minimum Gasteiger partial charge on any atom is -0.508 e. The quantitative estimate of drug-likeness (QED) is 0.247. The molecule has 208 valence electrons. The number of hydrogen-bond acceptors (Lipinski definition) is 6. The molecule has 2 aromatic carbocycles. The molecule has 0 radical (unpaired) electrons. The van der Waals surface area contributed by atoms with Crippen molar-refractivity contribution in [3.05, 3.63) is 95.9 Å². The molecule has 0 bridgehead atoms. The number of aromatic nitrogens is 3. The van der Waals surface area contributed by atoms with Crippen molar-refractivity contribution in [2.24, 2.45) is 5.73 Å². The standard InChI is InChI=1S/C32H37N5O3/c1-32(2,3)24-12-14-26(15-13-24)37-29(23-7-6-18-34-21-23)20-25(36-37)8-4-5-9-30(39)35-31(40)28(33)19-22-10-16-27(38)17-11-22/h6-7,10-18,20-21,28,38H,4-5,8-9,19,33H2,1-3H3,(H,35,39,40). The van der Waals surface area contributed by atoms with Crippen molar-refractivity contribution in [3.63, 3.8) is 0 Å². The Labute approximate surface area is 235 Å². The lowest BCUT2D eigenvalue weighted by Crippen LogP contribution is -2.44. The number of benzene rings is 2. The summed E-state index contributed by atoms with van der Waals surface area (Å²) in [5, 5.41) is 16.7. The van der Waals surface area contributed by atoms with Crippen molar-refractivity contribution < 1.29 is 14.7 Å². The highest BCUT2D eigenvalue weighted by Crippen LogP contribution is 2.27. The third-order valence-corrected chi connectivity index (χ3v) is 6.77. The van der Waals surface area contributed by atoms with E-state index >= 15 is 0 Å². The average Bonchev–Trinajstić information content (AvgIpc) is 3.36. The molecule has 4 N–H and O–H groups in total. The van der Waals surface area contributed by atoms with Crippen molar-refractivity contribution in [2.75, 3.05) is 0 Å². The molecule has 40 heavy (non-hydrogen) atoms. The van der Waals surface area contributed by atoms with Crippen LogP contribution in [0, 0.1) is 0 Å². The first-order valence-electron chi connectivity index (χ1n) is 13.6. The fourth-order valence-electron chi connectivity index (χ4n) is 4.43. The van der Waals surface area contributed by atoms with Crippen LogP contribution in [0.15, 0.2) is 79.1 Å². The topological polar surface area (TPSA) is 123 Å². The molecule has 2 amide bonds. The van der Waals surface area contributed by atoms with Crippen molar-refractivity contribution in [1.82, 2.24) is 20.1 Å². The van der Waals surface area contributed by atoms with Crippen molar-refractivity contribution in [1.29, 1.82) is 0 Å². The van der Waals surface area contributed by atoms with Gasteiger partial charge in [0.05, 0.1) is 23.1 Å². The number of imide groups is 1. The number of nitrogens with one attached hydrogen (secondary N) is 1. The number of nitrogens with zero attached hydrogens (tertiary/aromatic N) is 3. The Bertz CT molecular complexity index is 1420. The normalized spacial score (nSPS) is 12.2. The van der Waals surface area contributed by atoms with E-state index in [0.29, 0.717) is 12.8 Å². The predicted octanol–water partition coefficient (Wildman–Crippen LogP) is 4.86. The maximum Gasteiger partial charge on any atom is 0.243 e. The number of unbranched alkanes of at least 4 members (excludes halogenated alkanes) is 1. The van der Waals surface area contributed by atoms with Gasteiger partial charge in [-0.1, -0.05) is 45.0 Å². The lowest BCUT2D eigenvalue weighted by atomic mass is 9.87. The number of aromatic hydroxyl groups is 1. The molecule has 0 spiro atoms. The zero-order chi connectivity index (χ0) is 28.7. The molecule has 0 saturated heterocycles. The van der Waals surface area contributed by atoms with E-state index in [-0.39, 0.29) is 29.9 Å². The second-order valence-corrected chi connectivity index (χ2v) is 11.1. The Morgan fingerprint density at radius 3 is 2.40 bits per heavy atom. The summed E-state index contributed by atoms with van der Waals surface area (Å²) in [5.41, 5.74) is 11.9. The van der Waals surface area contributed by atoms with Crippen LogP contribution < -0.4 is 11.1 Å². The minimum atomic E-state index is -0.846. The summed E-state index contributed by atoms with van der Waals surface area (Å²) in [7, 11) is 0. The van der Waals surface area contributed by atoms with Crippen molar-refractivity contribution >= 4 is 11.8 Å². The summed E-state index contributed by atoms with van der Waals surface area (Å²) in [6.07, 6.45) is 6.13. The van der Waals surface area contributed by atoms with Gasteiger partial charge in [-0.3, -0.25) is 19.9 Å². The monoisotopic (exact) mass is 539 g/mol. The molecule has 0 aliphatic heterocycles. The number of aryl methyl sites for hydroxylation is 1. The number of phenolic OH excluding ortho intramolecular Hbond substituents is 1. The van der Waals surface area contributed by atoms with E-state index in [0.717, 1.165) is 34.6 Å². The van der Waals surface area contributed by atoms with Crippen LogP contribution in [0.2, 0.25) is 0 Å². The number of nitrogens with two attached hydrogens (primary N) is 1. The van der Waals surface area contributed by atoms with Gasteiger partial charge >= 0.3 is 0 Å². The van der Waals surface area contributed by atoms with E-state index in [4.69, 9.17) is 10.8 Å². The van der Waals surface area contributed by atoms with Crippen LogP contribution in [0.3, 0.4) is 0 Å². The molecule has 1 unspecified atom stereocenters. The zero-order valence-electron chi connectivity index (χ0n) is 23.3. The molecular weight excluding hydrogens is 502 g/mol. The van der Waals surface area contributed by atoms with Crippen LogP contribution in [-0.2, 0) is 27.8 Å². The lowest BCUT2D eigenvalue weighted by molar-refractivity contribution is -0.131. The van der Waals surface area contributed by atoms with E-state index in [9.17, 15) is 14.7 Å². The molecule has 8 heteroatoms. The Hall–Kier alpha value is -4.30. The van der Waals surface area contributed by atoms with Gasteiger partial charge in [0.15, 0.2) is 0 Å². The highest BCUT2D eigenvalue weighted by molar-refractivity contribution is 5.97. The number of amides is 2. The molecule has 2 heterocycles. The van der Waals surface area contributed by atoms with E-state index in [1.807, 2.05) is 23.0 Å². The summed E-state index contributed by atoms with van der Waals surface area (Å²) >= 11 is 0. The second kappa shape index (κ2) is 12.7. The van der Waals surface area contributed by atoms with Crippen LogP contribution in [-0.4, -0.2) is 37.7 Å². The number of pyridine rings is 1. The molecule has 0 aliphatic carbocycles. The van der Waals surface area contributed by atoms with Gasteiger partial charge in [0.25, 0.3) is 0 Å². The van der Waals surface area contributed by atoms with Gasteiger partial charge in [-0.2, -0.15) is 5.10 Å². The number of carbonyl (C=O) groups excluding carboxylic acids is 2. The Balaban J connectivity index is 1.34. The molecule has 4 rings (SSSR count). The smallest absolute Gasteiger partial charge is 0.243 e. The number of carbonyl (C=O) groups is 2.